The molecule has 1 aromatic heterocycles. The summed E-state index contributed by atoms with van der Waals surface area (Å²) in [4.78, 5) is 31.1. The van der Waals surface area contributed by atoms with Crippen molar-refractivity contribution >= 4 is 38.4 Å². The van der Waals surface area contributed by atoms with E-state index in [9.17, 15) is 14.7 Å². The zero-order chi connectivity index (χ0) is 26.7. The maximum atomic E-state index is 14.3. The third-order valence-electron chi connectivity index (χ3n) is 10.3. The summed E-state index contributed by atoms with van der Waals surface area (Å²) in [6, 6.07) is 7.82. The van der Waals surface area contributed by atoms with Crippen LogP contribution in [0.2, 0.25) is 0 Å². The third-order valence-corrected chi connectivity index (χ3v) is 11.3. The number of allylic oxidation sites excluding steroid dienone is 4. The average molecular weight is 535 g/mol. The molecule has 5 aliphatic rings. The van der Waals surface area contributed by atoms with Gasteiger partial charge in [-0.3, -0.25) is 14.9 Å². The van der Waals surface area contributed by atoms with Crippen LogP contribution in [0, 0.1) is 28.6 Å². The zero-order valence-electron chi connectivity index (χ0n) is 22.2. The summed E-state index contributed by atoms with van der Waals surface area (Å²) in [5, 5.41) is 15.5. The molecule has 0 spiro atoms. The molecular formula is C30H34N2O5S. The molecule has 0 radical (unpaired) electrons. The number of fused-ring (bicyclic) bond motifs is 8. The van der Waals surface area contributed by atoms with E-state index in [1.54, 1.807) is 12.2 Å². The number of thiazole rings is 1. The summed E-state index contributed by atoms with van der Waals surface area (Å²) in [7, 11) is 0. The standard InChI is InChI=1S/C30H34N2O5S/c1-27(2)36-23-14-19-18-10-9-16-13-17(33)11-12-28(16,3)24(18)21(34)15-29(19,4)30(23,37-27)25(35)32-26-31-20-7-5-6-8-22(20)38-26/h5-8,11-13,18-19,21,23-24,34H,9-10,14-15H2,1-4H3,(H,31,32,35)/t18?,19?,21?,23-,24?,28?,29?,30+/m1/s1. The van der Waals surface area contributed by atoms with Gasteiger partial charge in [0.05, 0.1) is 22.4 Å². The molecule has 4 aliphatic carbocycles. The van der Waals surface area contributed by atoms with E-state index in [1.807, 2.05) is 44.2 Å². The normalized spacial score (nSPS) is 42.7. The minimum atomic E-state index is -1.25. The number of aliphatic hydroxyl groups is 1. The van der Waals surface area contributed by atoms with Crippen LogP contribution < -0.4 is 5.32 Å². The number of hydrogen-bond donors (Lipinski definition) is 2. The number of nitrogens with zero attached hydrogens (tertiary/aromatic N) is 1. The van der Waals surface area contributed by atoms with E-state index >= 15 is 0 Å². The predicted octanol–water partition coefficient (Wildman–Crippen LogP) is 5.01. The maximum Gasteiger partial charge on any atom is 0.261 e. The van der Waals surface area contributed by atoms with Gasteiger partial charge in [0, 0.05) is 16.7 Å². The fourth-order valence-electron chi connectivity index (χ4n) is 8.93. The molecular weight excluding hydrogens is 500 g/mol. The van der Waals surface area contributed by atoms with Gasteiger partial charge in [0.2, 0.25) is 0 Å². The van der Waals surface area contributed by atoms with Gasteiger partial charge in [-0.25, -0.2) is 4.98 Å². The molecule has 1 aromatic carbocycles. The Bertz CT molecular complexity index is 1400. The first kappa shape index (κ1) is 24.6. The number of aliphatic hydroxyl groups excluding tert-OH is 1. The highest BCUT2D eigenvalue weighted by atomic mass is 32.1. The van der Waals surface area contributed by atoms with Gasteiger partial charge in [-0.05, 0) is 75.7 Å². The highest BCUT2D eigenvalue weighted by Crippen LogP contribution is 2.70. The van der Waals surface area contributed by atoms with Crippen LogP contribution in [-0.4, -0.2) is 45.4 Å². The molecule has 2 aromatic rings. The van der Waals surface area contributed by atoms with Crippen molar-refractivity contribution in [3.05, 3.63) is 48.1 Å². The SMILES string of the molecule is CC1(C)O[C@@H]2CC3C4CCC5=CC(=O)C=CC5(C)C4C(O)CC3(C)[C@]2(C(=O)Nc2nc3ccccc3s2)O1. The van der Waals surface area contributed by atoms with Crippen LogP contribution in [0.3, 0.4) is 0 Å². The Labute approximate surface area is 226 Å². The molecule has 1 amide bonds. The Morgan fingerprint density at radius 3 is 2.79 bits per heavy atom. The topological polar surface area (TPSA) is 97.8 Å². The van der Waals surface area contributed by atoms with E-state index in [1.165, 1.54) is 11.3 Å². The molecule has 38 heavy (non-hydrogen) atoms. The Morgan fingerprint density at radius 1 is 1.21 bits per heavy atom. The Balaban J connectivity index is 1.28. The van der Waals surface area contributed by atoms with Crippen LogP contribution in [0.15, 0.2) is 48.1 Å². The number of rotatable bonds is 2. The molecule has 8 heteroatoms. The minimum absolute atomic E-state index is 0.0240. The highest BCUT2D eigenvalue weighted by molar-refractivity contribution is 7.22. The second-order valence-corrected chi connectivity index (χ2v) is 13.8. The molecule has 0 bridgehead atoms. The first-order valence-corrected chi connectivity index (χ1v) is 14.5. The largest absolute Gasteiger partial charge is 0.393 e. The Kier molecular flexibility index (Phi) is 5.08. The second-order valence-electron chi connectivity index (χ2n) is 12.7. The number of benzene rings is 1. The van der Waals surface area contributed by atoms with E-state index < -0.39 is 29.0 Å². The summed E-state index contributed by atoms with van der Waals surface area (Å²) in [5.41, 5.74) is -0.300. The van der Waals surface area contributed by atoms with Crippen molar-refractivity contribution < 1.29 is 24.2 Å². The fourth-order valence-corrected chi connectivity index (χ4v) is 9.80. The number of ketones is 1. The summed E-state index contributed by atoms with van der Waals surface area (Å²) < 4.78 is 14.1. The van der Waals surface area contributed by atoms with Crippen LogP contribution in [0.4, 0.5) is 5.13 Å². The first-order valence-electron chi connectivity index (χ1n) is 13.6. The van der Waals surface area contributed by atoms with Gasteiger partial charge in [0.1, 0.15) is 0 Å². The van der Waals surface area contributed by atoms with Crippen LogP contribution in [0.1, 0.15) is 53.4 Å². The molecule has 8 atom stereocenters. The number of nitrogens with one attached hydrogen (secondary N) is 1. The second kappa shape index (κ2) is 7.84. The third kappa shape index (κ3) is 3.14. The van der Waals surface area contributed by atoms with Gasteiger partial charge in [-0.1, -0.05) is 49.0 Å². The molecule has 2 heterocycles. The molecule has 200 valence electrons. The minimum Gasteiger partial charge on any atom is -0.393 e. The maximum absolute atomic E-state index is 14.3. The van der Waals surface area contributed by atoms with Crippen LogP contribution in [0.25, 0.3) is 10.2 Å². The van der Waals surface area contributed by atoms with Crippen molar-refractivity contribution in [3.63, 3.8) is 0 Å². The summed E-state index contributed by atoms with van der Waals surface area (Å²) in [6.45, 7) is 8.00. The number of carbonyl (C=O) groups is 2. The van der Waals surface area contributed by atoms with Crippen LogP contribution in [0.5, 0.6) is 0 Å². The Hall–Kier alpha value is -2.39. The summed E-state index contributed by atoms with van der Waals surface area (Å²) >= 11 is 1.44. The lowest BCUT2D eigenvalue weighted by atomic mass is 9.46. The van der Waals surface area contributed by atoms with Crippen molar-refractivity contribution in [2.75, 3.05) is 5.32 Å². The molecule has 7 rings (SSSR count). The quantitative estimate of drug-likeness (QED) is 0.562. The van der Waals surface area contributed by atoms with Crippen molar-refractivity contribution in [2.45, 2.75) is 77.0 Å². The predicted molar refractivity (Wildman–Crippen MR) is 144 cm³/mol. The number of para-hydroxylation sites is 1. The van der Waals surface area contributed by atoms with Gasteiger partial charge in [-0.15, -0.1) is 0 Å². The fraction of sp³-hybridized carbons (Fsp3) is 0.567. The lowest BCUT2D eigenvalue weighted by Gasteiger charge is -2.59. The van der Waals surface area contributed by atoms with Gasteiger partial charge in [-0.2, -0.15) is 0 Å². The number of amides is 1. The van der Waals surface area contributed by atoms with Crippen molar-refractivity contribution in [3.8, 4) is 0 Å². The smallest absolute Gasteiger partial charge is 0.261 e. The van der Waals surface area contributed by atoms with E-state index in [0.29, 0.717) is 18.0 Å². The molecule has 6 unspecified atom stereocenters. The van der Waals surface area contributed by atoms with Crippen molar-refractivity contribution in [1.29, 1.82) is 0 Å². The van der Waals surface area contributed by atoms with Crippen LogP contribution >= 0.6 is 11.3 Å². The van der Waals surface area contributed by atoms with Gasteiger partial charge in [0.15, 0.2) is 22.3 Å². The first-order chi connectivity index (χ1) is 18.0. The number of ether oxygens (including phenoxy) is 2. The lowest BCUT2D eigenvalue weighted by Crippen LogP contribution is -2.64. The number of hydrogen-bond acceptors (Lipinski definition) is 7. The van der Waals surface area contributed by atoms with Gasteiger partial charge < -0.3 is 14.6 Å². The molecule has 7 nitrogen and oxygen atoms in total. The average Bonchev–Trinajstić information content (AvgIpc) is 3.45. The van der Waals surface area contributed by atoms with Crippen molar-refractivity contribution in [1.82, 2.24) is 4.98 Å². The number of anilines is 1. The molecule has 4 fully saturated rings. The molecule has 1 aliphatic heterocycles. The number of carbonyl (C=O) groups excluding carboxylic acids is 2. The number of aromatic nitrogens is 1. The van der Waals surface area contributed by atoms with E-state index in [-0.39, 0.29) is 34.9 Å². The van der Waals surface area contributed by atoms with Gasteiger partial charge >= 0.3 is 0 Å². The lowest BCUT2D eigenvalue weighted by molar-refractivity contribution is -0.223. The molecule has 2 N–H and O–H groups in total. The van der Waals surface area contributed by atoms with E-state index in [2.05, 4.69) is 24.1 Å². The van der Waals surface area contributed by atoms with Crippen LogP contribution in [-0.2, 0) is 19.1 Å². The molecule has 3 saturated carbocycles. The van der Waals surface area contributed by atoms with E-state index in [4.69, 9.17) is 9.47 Å². The zero-order valence-corrected chi connectivity index (χ0v) is 23.0. The highest BCUT2D eigenvalue weighted by Gasteiger charge is 2.77. The van der Waals surface area contributed by atoms with Gasteiger partial charge in [0.25, 0.3) is 5.91 Å². The Morgan fingerprint density at radius 2 is 2.00 bits per heavy atom. The molecule has 1 saturated heterocycles. The van der Waals surface area contributed by atoms with Crippen molar-refractivity contribution in [2.24, 2.45) is 28.6 Å². The summed E-state index contributed by atoms with van der Waals surface area (Å²) in [5.74, 6) is -0.864. The monoisotopic (exact) mass is 534 g/mol. The van der Waals surface area contributed by atoms with E-state index in [0.717, 1.165) is 28.6 Å². The summed E-state index contributed by atoms with van der Waals surface area (Å²) in [6.07, 6.45) is 7.15.